The number of hydrogen-bond donors (Lipinski definition) is 2. The molecule has 0 aliphatic carbocycles. The number of hydrogen-bond acceptors (Lipinski definition) is 2. The van der Waals surface area contributed by atoms with Crippen molar-refractivity contribution in [2.24, 2.45) is 17.3 Å². The Kier molecular flexibility index (Phi) is 7.57. The summed E-state index contributed by atoms with van der Waals surface area (Å²) in [6, 6.07) is 11.9. The molecule has 0 saturated heterocycles. The van der Waals surface area contributed by atoms with E-state index in [2.05, 4.69) is 33.5 Å². The summed E-state index contributed by atoms with van der Waals surface area (Å²) >= 11 is 0. The van der Waals surface area contributed by atoms with Gasteiger partial charge in [0.05, 0.1) is 4.90 Å². The van der Waals surface area contributed by atoms with Crippen LogP contribution in [-0.4, -0.2) is 23.6 Å². The third kappa shape index (κ3) is 5.41. The van der Waals surface area contributed by atoms with Crippen molar-refractivity contribution in [1.29, 1.82) is 0 Å². The number of rotatable bonds is 6. The van der Waals surface area contributed by atoms with Crippen molar-refractivity contribution in [3.05, 3.63) is 89.0 Å². The standard InChI is InChI=1S/C26H27F3N4OS/c1-16(9-10-17-7-5-4-6-8-17)22-12-11-19-23(35(30-2)32-22)15-33(3)25(19)26(34)31-18-13-20(27)24(29)21(28)14-18/h4-8,11-16,22H,9-10H2,1-3H3,(H,30,32)(H,31,34). The third-order valence-corrected chi connectivity index (χ3v) is 7.70. The first-order valence-corrected chi connectivity index (χ1v) is 12.4. The van der Waals surface area contributed by atoms with Crippen LogP contribution in [0.25, 0.3) is 6.08 Å². The van der Waals surface area contributed by atoms with E-state index in [0.29, 0.717) is 17.2 Å². The van der Waals surface area contributed by atoms with E-state index in [0.717, 1.165) is 29.9 Å². The van der Waals surface area contributed by atoms with Crippen LogP contribution in [0.2, 0.25) is 0 Å². The minimum atomic E-state index is -1.58. The van der Waals surface area contributed by atoms with E-state index in [1.54, 1.807) is 18.7 Å². The van der Waals surface area contributed by atoms with Crippen molar-refractivity contribution >= 4 is 28.5 Å². The molecule has 9 heteroatoms. The summed E-state index contributed by atoms with van der Waals surface area (Å²) in [6.45, 7) is 2.18. The number of carbonyl (C=O) groups is 1. The molecule has 2 heterocycles. The maximum Gasteiger partial charge on any atom is 0.272 e. The lowest BCUT2D eigenvalue weighted by molar-refractivity contribution is 0.101. The Hall–Kier alpha value is -3.17. The van der Waals surface area contributed by atoms with Crippen molar-refractivity contribution in [2.45, 2.75) is 30.7 Å². The first kappa shape index (κ1) is 24.9. The fraction of sp³-hybridized carbons (Fsp3) is 0.269. The van der Waals surface area contributed by atoms with Gasteiger partial charge in [0.25, 0.3) is 5.91 Å². The van der Waals surface area contributed by atoms with Crippen molar-refractivity contribution in [2.75, 3.05) is 12.4 Å². The SMILES string of the molecule is CN=S1NC(C(C)CCc2ccccc2)C=Cc2c1cn(C)c2C(=O)Nc1cc(F)c(F)c(F)c1. The molecule has 0 saturated carbocycles. The number of aromatic nitrogens is 1. The Morgan fingerprint density at radius 2 is 1.89 bits per heavy atom. The lowest BCUT2D eigenvalue weighted by Gasteiger charge is -2.22. The Bertz CT molecular complexity index is 1280. The monoisotopic (exact) mass is 500 g/mol. The smallest absolute Gasteiger partial charge is 0.272 e. The van der Waals surface area contributed by atoms with Crippen LogP contribution >= 0.6 is 0 Å². The largest absolute Gasteiger partial charge is 0.345 e. The van der Waals surface area contributed by atoms with Crippen LogP contribution in [0.15, 0.2) is 64.0 Å². The topological polar surface area (TPSA) is 58.4 Å². The number of nitrogens with one attached hydrogen (secondary N) is 2. The molecular weight excluding hydrogens is 473 g/mol. The molecule has 1 aliphatic rings. The molecule has 3 atom stereocenters. The van der Waals surface area contributed by atoms with Gasteiger partial charge in [0.15, 0.2) is 17.5 Å². The predicted octanol–water partition coefficient (Wildman–Crippen LogP) is 5.65. The van der Waals surface area contributed by atoms with Crippen molar-refractivity contribution in [3.8, 4) is 0 Å². The van der Waals surface area contributed by atoms with Gasteiger partial charge in [-0.3, -0.25) is 4.79 Å². The quantitative estimate of drug-likeness (QED) is 0.430. The van der Waals surface area contributed by atoms with Crippen molar-refractivity contribution in [3.63, 3.8) is 0 Å². The van der Waals surface area contributed by atoms with Crippen LogP contribution in [0.3, 0.4) is 0 Å². The number of nitrogens with zero attached hydrogens (tertiary/aromatic N) is 2. The van der Waals surface area contributed by atoms with Crippen LogP contribution in [0.4, 0.5) is 18.9 Å². The van der Waals surface area contributed by atoms with E-state index < -0.39 is 34.2 Å². The van der Waals surface area contributed by atoms with Crippen molar-refractivity contribution < 1.29 is 18.0 Å². The van der Waals surface area contributed by atoms with Crippen LogP contribution in [-0.2, 0) is 24.3 Å². The minimum Gasteiger partial charge on any atom is -0.345 e. The van der Waals surface area contributed by atoms with Gasteiger partial charge in [0.1, 0.15) is 5.69 Å². The van der Waals surface area contributed by atoms with E-state index >= 15 is 0 Å². The molecule has 1 aromatic heterocycles. The highest BCUT2D eigenvalue weighted by atomic mass is 32.2. The first-order chi connectivity index (χ1) is 16.8. The van der Waals surface area contributed by atoms with Gasteiger partial charge in [0.2, 0.25) is 0 Å². The van der Waals surface area contributed by atoms with Gasteiger partial charge in [-0.25, -0.2) is 22.3 Å². The molecule has 1 aliphatic heterocycles. The van der Waals surface area contributed by atoms with Gasteiger partial charge >= 0.3 is 0 Å². The number of fused-ring (bicyclic) bond motifs is 1. The Morgan fingerprint density at radius 3 is 2.54 bits per heavy atom. The lowest BCUT2D eigenvalue weighted by atomic mass is 9.94. The average molecular weight is 501 g/mol. The second kappa shape index (κ2) is 10.6. The Morgan fingerprint density at radius 1 is 1.20 bits per heavy atom. The molecule has 0 radical (unpaired) electrons. The van der Waals surface area contributed by atoms with Gasteiger partial charge in [-0.05, 0) is 24.3 Å². The van der Waals surface area contributed by atoms with E-state index in [-0.39, 0.29) is 11.7 Å². The normalized spacial score (nSPS) is 18.2. The van der Waals surface area contributed by atoms with Gasteiger partial charge in [-0.15, -0.1) is 0 Å². The van der Waals surface area contributed by atoms with Gasteiger partial charge in [-0.1, -0.05) is 49.4 Å². The van der Waals surface area contributed by atoms with Crippen LogP contribution in [0.1, 0.15) is 35.0 Å². The zero-order valence-electron chi connectivity index (χ0n) is 19.7. The summed E-state index contributed by atoms with van der Waals surface area (Å²) in [5.74, 6) is -4.56. The zero-order valence-corrected chi connectivity index (χ0v) is 20.5. The number of aryl methyl sites for hydroxylation is 2. The number of amides is 1. The highest BCUT2D eigenvalue weighted by Gasteiger charge is 2.26. The predicted molar refractivity (Wildman–Crippen MR) is 134 cm³/mol. The van der Waals surface area contributed by atoms with Gasteiger partial charge in [-0.2, -0.15) is 0 Å². The molecule has 2 aromatic carbocycles. The van der Waals surface area contributed by atoms with Crippen LogP contribution < -0.4 is 10.0 Å². The van der Waals surface area contributed by atoms with E-state index in [9.17, 15) is 18.0 Å². The molecule has 4 rings (SSSR count). The maximum absolute atomic E-state index is 13.6. The number of anilines is 1. The van der Waals surface area contributed by atoms with E-state index in [4.69, 9.17) is 0 Å². The highest BCUT2D eigenvalue weighted by molar-refractivity contribution is 7.85. The second-order valence-corrected chi connectivity index (χ2v) is 10.2. The maximum atomic E-state index is 13.6. The minimum absolute atomic E-state index is 0.0413. The highest BCUT2D eigenvalue weighted by Crippen LogP contribution is 2.28. The molecule has 184 valence electrons. The fourth-order valence-corrected chi connectivity index (χ4v) is 5.77. The molecule has 1 amide bonds. The number of halogens is 3. The molecule has 0 fully saturated rings. The molecule has 0 spiro atoms. The summed E-state index contributed by atoms with van der Waals surface area (Å²) in [5, 5.41) is 2.48. The summed E-state index contributed by atoms with van der Waals surface area (Å²) in [4.78, 5) is 14.0. The molecule has 3 aromatic rings. The summed E-state index contributed by atoms with van der Waals surface area (Å²) < 4.78 is 50.3. The third-order valence-electron chi connectivity index (χ3n) is 6.09. The van der Waals surface area contributed by atoms with E-state index in [1.165, 1.54) is 5.56 Å². The van der Waals surface area contributed by atoms with E-state index in [1.807, 2.05) is 36.5 Å². The lowest BCUT2D eigenvalue weighted by Crippen LogP contribution is -2.34. The van der Waals surface area contributed by atoms with Gasteiger partial charge < -0.3 is 9.88 Å². The zero-order chi connectivity index (χ0) is 25.1. The molecule has 5 nitrogen and oxygen atoms in total. The van der Waals surface area contributed by atoms with Crippen LogP contribution in [0.5, 0.6) is 0 Å². The van der Waals surface area contributed by atoms with Crippen molar-refractivity contribution in [1.82, 2.24) is 9.29 Å². The summed E-state index contributed by atoms with van der Waals surface area (Å²) in [5.41, 5.74) is 2.13. The molecule has 3 unspecified atom stereocenters. The molecule has 35 heavy (non-hydrogen) atoms. The van der Waals surface area contributed by atoms with Crippen LogP contribution in [0, 0.1) is 23.4 Å². The average Bonchev–Trinajstić information content (AvgIpc) is 3.06. The first-order valence-electron chi connectivity index (χ1n) is 11.3. The van der Waals surface area contributed by atoms with Gasteiger partial charge in [0, 0.05) is 60.6 Å². The summed E-state index contributed by atoms with van der Waals surface area (Å²) in [7, 11) is 2.79. The second-order valence-electron chi connectivity index (χ2n) is 8.55. The number of carbonyl (C=O) groups excluding carboxylic acids is 1. The molecule has 0 bridgehead atoms. The molecular formula is C26H27F3N4OS. The Labute approximate surface area is 205 Å². The molecule has 2 N–H and O–H groups in total. The fourth-order valence-electron chi connectivity index (χ4n) is 4.14. The Balaban J connectivity index is 1.58. The summed E-state index contributed by atoms with van der Waals surface area (Å²) in [6.07, 6.45) is 7.71. The number of benzene rings is 2.